The van der Waals surface area contributed by atoms with Crippen molar-refractivity contribution in [1.82, 2.24) is 10.2 Å². The summed E-state index contributed by atoms with van der Waals surface area (Å²) in [5.74, 6) is 1.77. The number of nitrogens with one attached hydrogen (secondary N) is 1. The van der Waals surface area contributed by atoms with Gasteiger partial charge in [-0.3, -0.25) is 4.90 Å². The van der Waals surface area contributed by atoms with E-state index in [4.69, 9.17) is 0 Å². The lowest BCUT2D eigenvalue weighted by Gasteiger charge is -2.47. The minimum Gasteiger partial charge on any atom is -0.316 e. The van der Waals surface area contributed by atoms with Gasteiger partial charge in [0.1, 0.15) is 0 Å². The van der Waals surface area contributed by atoms with Gasteiger partial charge >= 0.3 is 0 Å². The molecule has 2 fully saturated rings. The van der Waals surface area contributed by atoms with Crippen LogP contribution in [0.15, 0.2) is 0 Å². The molecule has 0 aromatic heterocycles. The molecule has 0 bridgehead atoms. The molecule has 0 radical (unpaired) electrons. The van der Waals surface area contributed by atoms with Crippen LogP contribution < -0.4 is 5.32 Å². The molecule has 2 nitrogen and oxygen atoms in total. The molecule has 0 amide bonds. The van der Waals surface area contributed by atoms with E-state index in [1.54, 1.807) is 0 Å². The van der Waals surface area contributed by atoms with Gasteiger partial charge in [0.15, 0.2) is 0 Å². The lowest BCUT2D eigenvalue weighted by molar-refractivity contribution is 0.0296. The molecule has 124 valence electrons. The van der Waals surface area contributed by atoms with E-state index in [2.05, 4.69) is 37.9 Å². The number of nitrogens with zero attached hydrogens (tertiary/aromatic N) is 1. The van der Waals surface area contributed by atoms with Crippen LogP contribution in [0.1, 0.15) is 72.6 Å². The van der Waals surface area contributed by atoms with Gasteiger partial charge in [0.25, 0.3) is 0 Å². The highest BCUT2D eigenvalue weighted by molar-refractivity contribution is 4.90. The van der Waals surface area contributed by atoms with E-state index in [1.807, 2.05) is 0 Å². The fourth-order valence-corrected chi connectivity index (χ4v) is 4.65. The fraction of sp³-hybridized carbons (Fsp3) is 1.00. The van der Waals surface area contributed by atoms with E-state index in [-0.39, 0.29) is 0 Å². The van der Waals surface area contributed by atoms with Gasteiger partial charge in [0.2, 0.25) is 0 Å². The topological polar surface area (TPSA) is 15.3 Å². The lowest BCUT2D eigenvalue weighted by Crippen LogP contribution is -2.50. The zero-order chi connectivity index (χ0) is 15.3. The highest BCUT2D eigenvalue weighted by atomic mass is 15.2. The SMILES string of the molecule is CCCN(CC1CCCNC1)C1CCCCC1C(C)(C)C. The second kappa shape index (κ2) is 7.97. The van der Waals surface area contributed by atoms with Crippen molar-refractivity contribution >= 4 is 0 Å². The third-order valence-corrected chi connectivity index (χ3v) is 5.71. The van der Waals surface area contributed by atoms with Crippen LogP contribution in [0.25, 0.3) is 0 Å². The Morgan fingerprint density at radius 2 is 1.81 bits per heavy atom. The maximum Gasteiger partial charge on any atom is 0.0129 e. The van der Waals surface area contributed by atoms with Crippen molar-refractivity contribution < 1.29 is 0 Å². The summed E-state index contributed by atoms with van der Waals surface area (Å²) in [5, 5.41) is 3.60. The third kappa shape index (κ3) is 4.96. The van der Waals surface area contributed by atoms with Gasteiger partial charge in [-0.1, -0.05) is 40.5 Å². The molecular weight excluding hydrogens is 256 g/mol. The van der Waals surface area contributed by atoms with Gasteiger partial charge in [-0.25, -0.2) is 0 Å². The molecule has 2 aliphatic rings. The van der Waals surface area contributed by atoms with E-state index in [0.717, 1.165) is 17.9 Å². The average molecular weight is 295 g/mol. The van der Waals surface area contributed by atoms with Crippen molar-refractivity contribution in [2.75, 3.05) is 26.2 Å². The van der Waals surface area contributed by atoms with Gasteiger partial charge < -0.3 is 5.32 Å². The minimum atomic E-state index is 0.460. The van der Waals surface area contributed by atoms with E-state index < -0.39 is 0 Å². The predicted octanol–water partition coefficient (Wildman–Crippen LogP) is 4.30. The minimum absolute atomic E-state index is 0.460. The Morgan fingerprint density at radius 1 is 1.05 bits per heavy atom. The first-order valence-corrected chi connectivity index (χ1v) is 9.47. The number of rotatable bonds is 5. The van der Waals surface area contributed by atoms with E-state index in [9.17, 15) is 0 Å². The molecule has 1 saturated heterocycles. The Bertz CT molecular complexity index is 288. The van der Waals surface area contributed by atoms with Crippen LogP contribution in [0.5, 0.6) is 0 Å². The van der Waals surface area contributed by atoms with Gasteiger partial charge in [0.05, 0.1) is 0 Å². The second-order valence-corrected chi connectivity index (χ2v) is 8.53. The first-order valence-electron chi connectivity index (χ1n) is 9.47. The van der Waals surface area contributed by atoms with Gasteiger partial charge in [-0.05, 0) is 69.0 Å². The summed E-state index contributed by atoms with van der Waals surface area (Å²) in [4.78, 5) is 2.88. The van der Waals surface area contributed by atoms with Gasteiger partial charge in [-0.2, -0.15) is 0 Å². The Kier molecular flexibility index (Phi) is 6.55. The maximum absolute atomic E-state index is 3.60. The molecule has 1 saturated carbocycles. The standard InChI is InChI=1S/C19H38N2/c1-5-13-21(15-16-9-8-12-20-14-16)18-11-7-6-10-17(18)19(2,3)4/h16-18,20H,5-15H2,1-4H3. The Morgan fingerprint density at radius 3 is 2.43 bits per heavy atom. The zero-order valence-electron chi connectivity index (χ0n) is 15.0. The molecule has 1 aliphatic heterocycles. The largest absolute Gasteiger partial charge is 0.316 e. The summed E-state index contributed by atoms with van der Waals surface area (Å²) >= 11 is 0. The van der Waals surface area contributed by atoms with Crippen molar-refractivity contribution in [3.63, 3.8) is 0 Å². The summed E-state index contributed by atoms with van der Waals surface area (Å²) in [6.07, 6.45) is 9.87. The molecular formula is C19H38N2. The number of hydrogen-bond acceptors (Lipinski definition) is 2. The Balaban J connectivity index is 2.03. The molecule has 0 spiro atoms. The molecule has 1 heterocycles. The molecule has 0 aromatic carbocycles. The summed E-state index contributed by atoms with van der Waals surface area (Å²) in [7, 11) is 0. The van der Waals surface area contributed by atoms with Crippen molar-refractivity contribution in [3.8, 4) is 0 Å². The average Bonchev–Trinajstić information content (AvgIpc) is 2.47. The van der Waals surface area contributed by atoms with Crippen molar-refractivity contribution in [2.45, 2.75) is 78.7 Å². The normalized spacial score (nSPS) is 31.6. The van der Waals surface area contributed by atoms with Crippen molar-refractivity contribution in [1.29, 1.82) is 0 Å². The number of piperidine rings is 1. The molecule has 3 atom stereocenters. The molecule has 2 rings (SSSR count). The Labute approximate surface area is 133 Å². The van der Waals surface area contributed by atoms with E-state index in [0.29, 0.717) is 5.41 Å². The molecule has 2 heteroatoms. The Hall–Kier alpha value is -0.0800. The van der Waals surface area contributed by atoms with Crippen LogP contribution >= 0.6 is 0 Å². The van der Waals surface area contributed by atoms with E-state index >= 15 is 0 Å². The van der Waals surface area contributed by atoms with Crippen LogP contribution in [-0.2, 0) is 0 Å². The molecule has 1 N–H and O–H groups in total. The lowest BCUT2D eigenvalue weighted by atomic mass is 9.69. The van der Waals surface area contributed by atoms with Crippen LogP contribution in [-0.4, -0.2) is 37.1 Å². The third-order valence-electron chi connectivity index (χ3n) is 5.71. The second-order valence-electron chi connectivity index (χ2n) is 8.53. The first-order chi connectivity index (χ1) is 10.0. The van der Waals surface area contributed by atoms with Crippen LogP contribution in [0.4, 0.5) is 0 Å². The van der Waals surface area contributed by atoms with Crippen molar-refractivity contribution in [3.05, 3.63) is 0 Å². The van der Waals surface area contributed by atoms with Crippen LogP contribution in [0, 0.1) is 17.3 Å². The highest BCUT2D eigenvalue weighted by Gasteiger charge is 2.37. The summed E-state index contributed by atoms with van der Waals surface area (Å²) in [6, 6.07) is 0.834. The molecule has 1 aliphatic carbocycles. The first kappa shape index (κ1) is 17.3. The van der Waals surface area contributed by atoms with Gasteiger partial charge in [0, 0.05) is 12.6 Å². The highest BCUT2D eigenvalue weighted by Crippen LogP contribution is 2.40. The summed E-state index contributed by atoms with van der Waals surface area (Å²) in [6.45, 7) is 14.8. The van der Waals surface area contributed by atoms with E-state index in [1.165, 1.54) is 71.1 Å². The smallest absolute Gasteiger partial charge is 0.0129 e. The molecule has 21 heavy (non-hydrogen) atoms. The van der Waals surface area contributed by atoms with Crippen LogP contribution in [0.3, 0.4) is 0 Å². The summed E-state index contributed by atoms with van der Waals surface area (Å²) in [5.41, 5.74) is 0.460. The quantitative estimate of drug-likeness (QED) is 0.813. The fourth-order valence-electron chi connectivity index (χ4n) is 4.65. The predicted molar refractivity (Wildman–Crippen MR) is 92.7 cm³/mol. The monoisotopic (exact) mass is 294 g/mol. The molecule has 3 unspecified atom stereocenters. The zero-order valence-corrected chi connectivity index (χ0v) is 15.0. The number of hydrogen-bond donors (Lipinski definition) is 1. The summed E-state index contributed by atoms with van der Waals surface area (Å²) < 4.78 is 0. The van der Waals surface area contributed by atoms with Gasteiger partial charge in [-0.15, -0.1) is 0 Å². The molecule has 0 aromatic rings. The van der Waals surface area contributed by atoms with Crippen molar-refractivity contribution in [2.24, 2.45) is 17.3 Å². The van der Waals surface area contributed by atoms with Crippen LogP contribution in [0.2, 0.25) is 0 Å². The maximum atomic E-state index is 3.60.